The van der Waals surface area contributed by atoms with Gasteiger partial charge in [-0.05, 0) is 74.0 Å². The number of thiophene rings is 1. The second kappa shape index (κ2) is 7.48. The van der Waals surface area contributed by atoms with Crippen molar-refractivity contribution in [2.45, 2.75) is 12.8 Å². The fourth-order valence-electron chi connectivity index (χ4n) is 3.44. The molecule has 2 heterocycles. The topological polar surface area (TPSA) is 49.8 Å². The molecule has 5 heteroatoms. The number of carbonyl (C=O) groups excluding carboxylic acids is 1. The highest BCUT2D eigenvalue weighted by Gasteiger charge is 2.14. The first kappa shape index (κ1) is 17.1. The van der Waals surface area contributed by atoms with Gasteiger partial charge in [-0.25, -0.2) is 0 Å². The van der Waals surface area contributed by atoms with Gasteiger partial charge in [0, 0.05) is 27.1 Å². The van der Waals surface area contributed by atoms with Crippen LogP contribution in [0.15, 0.2) is 42.5 Å². The Labute approximate surface area is 156 Å². The number of likely N-dealkylation sites (tertiary alicyclic amines) is 1. The van der Waals surface area contributed by atoms with Crippen molar-refractivity contribution in [3.05, 3.63) is 48.0 Å². The summed E-state index contributed by atoms with van der Waals surface area (Å²) in [5.41, 5.74) is 1.66. The van der Waals surface area contributed by atoms with Gasteiger partial charge < -0.3 is 9.84 Å². The van der Waals surface area contributed by atoms with Crippen LogP contribution in [0.25, 0.3) is 20.5 Å². The number of ether oxygens (including phenoxy) is 1. The largest absolute Gasteiger partial charge is 0.508 e. The van der Waals surface area contributed by atoms with Crippen LogP contribution in [0.2, 0.25) is 0 Å². The molecule has 0 atom stereocenters. The average molecular weight is 367 g/mol. The lowest BCUT2D eigenvalue weighted by Crippen LogP contribution is -2.25. The summed E-state index contributed by atoms with van der Waals surface area (Å²) >= 11 is 1.52. The van der Waals surface area contributed by atoms with Crippen molar-refractivity contribution >= 4 is 27.7 Å². The Kier molecular flexibility index (Phi) is 4.91. The van der Waals surface area contributed by atoms with Crippen molar-refractivity contribution in [1.29, 1.82) is 0 Å². The molecule has 1 aromatic heterocycles. The third-order valence-electron chi connectivity index (χ3n) is 4.82. The SMILES string of the molecule is O=Cc1c(-c2ccc(OCCN3CCCC3)cc2)sc2cc(O)ccc12. The fraction of sp³-hybridized carbons (Fsp3) is 0.286. The molecule has 1 aliphatic rings. The first-order valence-corrected chi connectivity index (χ1v) is 9.72. The van der Waals surface area contributed by atoms with Gasteiger partial charge in [-0.2, -0.15) is 0 Å². The number of nitrogens with zero attached hydrogens (tertiary/aromatic N) is 1. The molecule has 0 spiro atoms. The molecule has 1 N–H and O–H groups in total. The maximum Gasteiger partial charge on any atom is 0.152 e. The molecule has 1 fully saturated rings. The Balaban J connectivity index is 1.51. The van der Waals surface area contributed by atoms with E-state index in [9.17, 15) is 9.90 Å². The third kappa shape index (κ3) is 3.45. The number of hydrogen-bond donors (Lipinski definition) is 1. The molecule has 3 aromatic rings. The maximum absolute atomic E-state index is 11.6. The van der Waals surface area contributed by atoms with Crippen LogP contribution in [0.1, 0.15) is 23.2 Å². The first-order valence-electron chi connectivity index (χ1n) is 8.91. The van der Waals surface area contributed by atoms with Crippen LogP contribution in [0.3, 0.4) is 0 Å². The number of phenolic OH excluding ortho intramolecular Hbond substituents is 1. The molecular weight excluding hydrogens is 346 g/mol. The van der Waals surface area contributed by atoms with E-state index >= 15 is 0 Å². The van der Waals surface area contributed by atoms with Crippen LogP contribution >= 0.6 is 11.3 Å². The lowest BCUT2D eigenvalue weighted by molar-refractivity contribution is 0.112. The molecule has 1 saturated heterocycles. The maximum atomic E-state index is 11.6. The van der Waals surface area contributed by atoms with Crippen LogP contribution in [0, 0.1) is 0 Å². The van der Waals surface area contributed by atoms with Crippen LogP contribution in [0.5, 0.6) is 11.5 Å². The number of fused-ring (bicyclic) bond motifs is 1. The zero-order valence-electron chi connectivity index (χ0n) is 14.5. The lowest BCUT2D eigenvalue weighted by Gasteiger charge is -2.15. The molecule has 0 aliphatic carbocycles. The normalized spacial score (nSPS) is 14.8. The van der Waals surface area contributed by atoms with Gasteiger partial charge in [-0.15, -0.1) is 11.3 Å². The van der Waals surface area contributed by atoms with Gasteiger partial charge in [-0.1, -0.05) is 0 Å². The number of benzene rings is 2. The Hall–Kier alpha value is -2.37. The zero-order valence-corrected chi connectivity index (χ0v) is 15.3. The first-order chi connectivity index (χ1) is 12.7. The number of phenols is 1. The summed E-state index contributed by atoms with van der Waals surface area (Å²) in [4.78, 5) is 15.0. The predicted molar refractivity (Wildman–Crippen MR) is 105 cm³/mol. The van der Waals surface area contributed by atoms with E-state index < -0.39 is 0 Å². The van der Waals surface area contributed by atoms with E-state index in [1.807, 2.05) is 24.3 Å². The molecule has 0 amide bonds. The van der Waals surface area contributed by atoms with Crippen LogP contribution in [-0.2, 0) is 0 Å². The monoisotopic (exact) mass is 367 g/mol. The predicted octanol–water partition coefficient (Wildman–Crippen LogP) is 4.56. The standard InChI is InChI=1S/C21H21NO3S/c23-14-19-18-8-5-16(24)13-20(18)26-21(19)15-3-6-17(7-4-15)25-12-11-22-9-1-2-10-22/h3-8,13-14,24H,1-2,9-12H2. The highest BCUT2D eigenvalue weighted by molar-refractivity contribution is 7.22. The van der Waals surface area contributed by atoms with Crippen molar-refractivity contribution in [2.75, 3.05) is 26.2 Å². The molecule has 0 saturated carbocycles. The quantitative estimate of drug-likeness (QED) is 0.649. The summed E-state index contributed by atoms with van der Waals surface area (Å²) in [6.45, 7) is 4.02. The Morgan fingerprint density at radius 2 is 1.88 bits per heavy atom. The summed E-state index contributed by atoms with van der Waals surface area (Å²) < 4.78 is 6.76. The molecule has 4 nitrogen and oxygen atoms in total. The summed E-state index contributed by atoms with van der Waals surface area (Å²) in [6, 6.07) is 13.0. The van der Waals surface area contributed by atoms with E-state index in [0.717, 1.165) is 39.1 Å². The van der Waals surface area contributed by atoms with E-state index in [-0.39, 0.29) is 5.75 Å². The minimum Gasteiger partial charge on any atom is -0.508 e. The van der Waals surface area contributed by atoms with E-state index in [1.54, 1.807) is 18.2 Å². The highest BCUT2D eigenvalue weighted by atomic mass is 32.1. The smallest absolute Gasteiger partial charge is 0.152 e. The van der Waals surface area contributed by atoms with Gasteiger partial charge in [0.2, 0.25) is 0 Å². The third-order valence-corrected chi connectivity index (χ3v) is 6.04. The van der Waals surface area contributed by atoms with Crippen molar-refractivity contribution in [3.8, 4) is 21.9 Å². The number of rotatable bonds is 6. The Bertz CT molecular complexity index is 911. The Morgan fingerprint density at radius 3 is 2.62 bits per heavy atom. The summed E-state index contributed by atoms with van der Waals surface area (Å²) in [6.07, 6.45) is 3.48. The zero-order chi connectivity index (χ0) is 17.9. The minimum absolute atomic E-state index is 0.212. The van der Waals surface area contributed by atoms with Crippen molar-refractivity contribution < 1.29 is 14.6 Å². The minimum atomic E-state index is 0.212. The van der Waals surface area contributed by atoms with E-state index in [1.165, 1.54) is 37.3 Å². The average Bonchev–Trinajstić information content (AvgIpc) is 3.29. The molecule has 2 aromatic carbocycles. The van der Waals surface area contributed by atoms with Gasteiger partial charge in [-0.3, -0.25) is 9.69 Å². The van der Waals surface area contributed by atoms with Crippen LogP contribution < -0.4 is 4.74 Å². The molecular formula is C21H21NO3S. The second-order valence-corrected chi connectivity index (χ2v) is 7.62. The van der Waals surface area contributed by atoms with Gasteiger partial charge in [0.05, 0.1) is 0 Å². The van der Waals surface area contributed by atoms with Gasteiger partial charge >= 0.3 is 0 Å². The second-order valence-electron chi connectivity index (χ2n) is 6.56. The van der Waals surface area contributed by atoms with Gasteiger partial charge in [0.15, 0.2) is 6.29 Å². The van der Waals surface area contributed by atoms with Gasteiger partial charge in [0.1, 0.15) is 18.1 Å². The molecule has 4 rings (SSSR count). The van der Waals surface area contributed by atoms with Crippen LogP contribution in [0.4, 0.5) is 0 Å². The fourth-order valence-corrected chi connectivity index (χ4v) is 4.65. The number of aromatic hydroxyl groups is 1. The molecule has 1 aliphatic heterocycles. The highest BCUT2D eigenvalue weighted by Crippen LogP contribution is 2.39. The van der Waals surface area contributed by atoms with E-state index in [0.29, 0.717) is 12.2 Å². The lowest BCUT2D eigenvalue weighted by atomic mass is 10.1. The van der Waals surface area contributed by atoms with Crippen molar-refractivity contribution in [1.82, 2.24) is 4.90 Å². The number of carbonyl (C=O) groups is 1. The summed E-state index contributed by atoms with van der Waals surface area (Å²) in [5.74, 6) is 1.06. The van der Waals surface area contributed by atoms with Gasteiger partial charge in [0.25, 0.3) is 0 Å². The molecule has 0 unspecified atom stereocenters. The van der Waals surface area contributed by atoms with Crippen LogP contribution in [-0.4, -0.2) is 42.5 Å². The molecule has 134 valence electrons. The summed E-state index contributed by atoms with van der Waals surface area (Å²) in [7, 11) is 0. The Morgan fingerprint density at radius 1 is 1.12 bits per heavy atom. The number of aldehydes is 1. The molecule has 0 radical (unpaired) electrons. The van der Waals surface area contributed by atoms with Crippen molar-refractivity contribution in [2.24, 2.45) is 0 Å². The van der Waals surface area contributed by atoms with E-state index in [2.05, 4.69) is 4.90 Å². The summed E-state index contributed by atoms with van der Waals surface area (Å²) in [5, 5.41) is 10.5. The van der Waals surface area contributed by atoms with Crippen molar-refractivity contribution in [3.63, 3.8) is 0 Å². The molecule has 26 heavy (non-hydrogen) atoms. The number of hydrogen-bond acceptors (Lipinski definition) is 5. The molecule has 0 bridgehead atoms. The van der Waals surface area contributed by atoms with E-state index in [4.69, 9.17) is 4.74 Å².